The van der Waals surface area contributed by atoms with Crippen molar-refractivity contribution >= 4 is 5.97 Å². The van der Waals surface area contributed by atoms with Crippen LogP contribution in [0.2, 0.25) is 0 Å². The summed E-state index contributed by atoms with van der Waals surface area (Å²) in [5.74, 6) is 0.692. The van der Waals surface area contributed by atoms with Gasteiger partial charge in [-0.05, 0) is 67.6 Å². The molecule has 230 valence electrons. The summed E-state index contributed by atoms with van der Waals surface area (Å²) in [7, 11) is 0. The lowest BCUT2D eigenvalue weighted by molar-refractivity contribution is -0.138. The summed E-state index contributed by atoms with van der Waals surface area (Å²) < 4.78 is 12.8. The first kappa shape index (κ1) is 31.3. The lowest BCUT2D eigenvalue weighted by atomic mass is 9.94. The Bertz CT molecular complexity index is 1570. The molecular formula is C37H43N3O4. The van der Waals surface area contributed by atoms with E-state index in [1.807, 2.05) is 24.3 Å². The molecule has 0 aliphatic carbocycles. The fourth-order valence-corrected chi connectivity index (χ4v) is 5.77. The quantitative estimate of drug-likeness (QED) is 0.167. The van der Waals surface area contributed by atoms with Crippen LogP contribution < -0.4 is 20.5 Å². The van der Waals surface area contributed by atoms with Crippen LogP contribution in [-0.2, 0) is 44.1 Å². The van der Waals surface area contributed by atoms with Gasteiger partial charge < -0.3 is 25.6 Å². The van der Waals surface area contributed by atoms with Gasteiger partial charge in [-0.25, -0.2) is 0 Å². The predicted molar refractivity (Wildman–Crippen MR) is 174 cm³/mol. The van der Waals surface area contributed by atoms with Gasteiger partial charge in [0.1, 0.15) is 30.8 Å². The van der Waals surface area contributed by atoms with Gasteiger partial charge in [0, 0.05) is 37.3 Å². The molecule has 0 radical (unpaired) electrons. The van der Waals surface area contributed by atoms with E-state index in [2.05, 4.69) is 84.7 Å². The number of aryl methyl sites for hydroxylation is 2. The number of hydrogen-bond acceptors (Lipinski definition) is 6. The molecule has 0 saturated heterocycles. The van der Waals surface area contributed by atoms with Crippen LogP contribution in [0.1, 0.15) is 50.9 Å². The number of para-hydroxylation sites is 1. The minimum Gasteiger partial charge on any atom is -0.489 e. The van der Waals surface area contributed by atoms with E-state index < -0.39 is 12.0 Å². The Kier molecular flexibility index (Phi) is 10.7. The molecule has 0 saturated carbocycles. The third kappa shape index (κ3) is 8.47. The first-order chi connectivity index (χ1) is 21.4. The van der Waals surface area contributed by atoms with Crippen molar-refractivity contribution in [2.75, 3.05) is 13.1 Å². The highest BCUT2D eigenvalue weighted by Crippen LogP contribution is 2.32. The summed E-state index contributed by atoms with van der Waals surface area (Å²) >= 11 is 0. The maximum atomic E-state index is 11.6. The van der Waals surface area contributed by atoms with E-state index in [4.69, 9.17) is 15.2 Å². The average molecular weight is 594 g/mol. The van der Waals surface area contributed by atoms with Gasteiger partial charge in [-0.1, -0.05) is 83.9 Å². The van der Waals surface area contributed by atoms with E-state index in [1.165, 1.54) is 22.3 Å². The average Bonchev–Trinajstić information content (AvgIpc) is 3.02. The largest absolute Gasteiger partial charge is 0.489 e. The van der Waals surface area contributed by atoms with Gasteiger partial charge in [0.2, 0.25) is 0 Å². The number of benzene rings is 4. The number of aliphatic carboxylic acids is 1. The Morgan fingerprint density at radius 3 is 2.25 bits per heavy atom. The third-order valence-electron chi connectivity index (χ3n) is 8.13. The smallest absolute Gasteiger partial charge is 0.320 e. The second kappa shape index (κ2) is 15.0. The first-order valence-corrected chi connectivity index (χ1v) is 15.4. The summed E-state index contributed by atoms with van der Waals surface area (Å²) in [5, 5.41) is 13.0. The highest BCUT2D eigenvalue weighted by Gasteiger charge is 2.22. The molecule has 0 aromatic heterocycles. The standard InChI is InChI=1S/C37H43N3O4/c1-26-7-5-9-28(19-26)24-43-35-12-4-3-11-31(35)22-40(18-16-34(38)37(41)42)23-33-32-15-17-39-21-30(32)13-14-36(33)44-25-29-10-6-8-27(2)20-29/h3-14,19-20,34,39H,15-18,21-25,38H2,1-2H3,(H,41,42)/t34-/m0/s1. The molecule has 7 nitrogen and oxygen atoms in total. The van der Waals surface area contributed by atoms with E-state index in [9.17, 15) is 9.90 Å². The van der Waals surface area contributed by atoms with Gasteiger partial charge in [0.15, 0.2) is 0 Å². The number of hydrogen-bond donors (Lipinski definition) is 3. The van der Waals surface area contributed by atoms with Gasteiger partial charge in [0.05, 0.1) is 0 Å². The van der Waals surface area contributed by atoms with Crippen LogP contribution in [0.25, 0.3) is 0 Å². The lowest BCUT2D eigenvalue weighted by Gasteiger charge is -2.29. The summed E-state index contributed by atoms with van der Waals surface area (Å²) in [6.07, 6.45) is 1.24. The van der Waals surface area contributed by atoms with Crippen molar-refractivity contribution < 1.29 is 19.4 Å². The zero-order valence-electron chi connectivity index (χ0n) is 25.7. The van der Waals surface area contributed by atoms with Crippen LogP contribution in [0.4, 0.5) is 0 Å². The monoisotopic (exact) mass is 593 g/mol. The molecule has 1 atom stereocenters. The van der Waals surface area contributed by atoms with Crippen LogP contribution in [-0.4, -0.2) is 35.1 Å². The number of ether oxygens (including phenoxy) is 2. The van der Waals surface area contributed by atoms with E-state index in [0.29, 0.717) is 39.3 Å². The summed E-state index contributed by atoms with van der Waals surface area (Å²) in [4.78, 5) is 13.9. The summed E-state index contributed by atoms with van der Waals surface area (Å²) in [6, 6.07) is 28.1. The van der Waals surface area contributed by atoms with Crippen LogP contribution >= 0.6 is 0 Å². The molecule has 44 heavy (non-hydrogen) atoms. The van der Waals surface area contributed by atoms with Crippen molar-refractivity contribution in [3.63, 3.8) is 0 Å². The van der Waals surface area contributed by atoms with Crippen molar-refractivity contribution in [3.05, 3.63) is 129 Å². The zero-order chi connectivity index (χ0) is 30.9. The Labute approximate surface area is 260 Å². The molecule has 0 unspecified atom stereocenters. The topological polar surface area (TPSA) is 97.1 Å². The number of carboxylic acid groups (broad SMARTS) is 1. The normalized spacial score (nSPS) is 13.4. The van der Waals surface area contributed by atoms with E-state index in [1.54, 1.807) is 0 Å². The van der Waals surface area contributed by atoms with Crippen LogP contribution in [0.15, 0.2) is 84.9 Å². The van der Waals surface area contributed by atoms with Gasteiger partial charge in [0.25, 0.3) is 0 Å². The molecular weight excluding hydrogens is 550 g/mol. The maximum absolute atomic E-state index is 11.6. The number of carboxylic acids is 1. The number of nitrogens with zero attached hydrogens (tertiary/aromatic N) is 1. The molecule has 0 bridgehead atoms. The van der Waals surface area contributed by atoms with E-state index in [0.717, 1.165) is 53.3 Å². The minimum absolute atomic E-state index is 0.331. The highest BCUT2D eigenvalue weighted by molar-refractivity contribution is 5.73. The lowest BCUT2D eigenvalue weighted by Crippen LogP contribution is -2.35. The first-order valence-electron chi connectivity index (χ1n) is 15.4. The fraction of sp³-hybridized carbons (Fsp3) is 0.324. The molecule has 4 aromatic rings. The highest BCUT2D eigenvalue weighted by atomic mass is 16.5. The second-order valence-corrected chi connectivity index (χ2v) is 11.7. The summed E-state index contributed by atoms with van der Waals surface area (Å²) in [6.45, 7) is 8.53. The van der Waals surface area contributed by atoms with Crippen molar-refractivity contribution in [2.24, 2.45) is 5.73 Å². The molecule has 1 heterocycles. The fourth-order valence-electron chi connectivity index (χ4n) is 5.77. The number of fused-ring (bicyclic) bond motifs is 1. The van der Waals surface area contributed by atoms with Crippen molar-refractivity contribution in [2.45, 2.75) is 65.6 Å². The number of nitrogens with two attached hydrogens (primary N) is 1. The van der Waals surface area contributed by atoms with Crippen molar-refractivity contribution in [1.29, 1.82) is 0 Å². The minimum atomic E-state index is -0.989. The van der Waals surface area contributed by atoms with Gasteiger partial charge in [-0.15, -0.1) is 0 Å². The zero-order valence-corrected chi connectivity index (χ0v) is 25.7. The molecule has 4 aromatic carbocycles. The molecule has 1 aliphatic rings. The predicted octanol–water partition coefficient (Wildman–Crippen LogP) is 5.91. The second-order valence-electron chi connectivity index (χ2n) is 11.7. The van der Waals surface area contributed by atoms with Crippen molar-refractivity contribution in [3.8, 4) is 11.5 Å². The number of rotatable bonds is 14. The summed E-state index contributed by atoms with van der Waals surface area (Å²) in [5.41, 5.74) is 15.4. The molecule has 1 aliphatic heterocycles. The SMILES string of the molecule is Cc1cccc(COc2ccccc2CN(CC[C@H](N)C(=O)O)Cc2c(OCc3cccc(C)c3)ccc3c2CCNC3)c1. The van der Waals surface area contributed by atoms with Crippen molar-refractivity contribution in [1.82, 2.24) is 10.2 Å². The van der Waals surface area contributed by atoms with Gasteiger partial charge in [-0.3, -0.25) is 9.69 Å². The van der Waals surface area contributed by atoms with Crippen LogP contribution in [0.3, 0.4) is 0 Å². The Hall–Kier alpha value is -4.17. The van der Waals surface area contributed by atoms with Gasteiger partial charge >= 0.3 is 5.97 Å². The molecule has 0 spiro atoms. The Morgan fingerprint density at radius 2 is 1.57 bits per heavy atom. The molecule has 0 amide bonds. The number of nitrogens with one attached hydrogen (secondary N) is 1. The Balaban J connectivity index is 1.41. The molecule has 7 heteroatoms. The molecule has 5 rings (SSSR count). The molecule has 0 fully saturated rings. The van der Waals surface area contributed by atoms with E-state index in [-0.39, 0.29) is 0 Å². The maximum Gasteiger partial charge on any atom is 0.320 e. The van der Waals surface area contributed by atoms with Crippen LogP contribution in [0.5, 0.6) is 11.5 Å². The Morgan fingerprint density at radius 1 is 0.886 bits per heavy atom. The van der Waals surface area contributed by atoms with Crippen LogP contribution in [0, 0.1) is 13.8 Å². The van der Waals surface area contributed by atoms with Gasteiger partial charge in [-0.2, -0.15) is 0 Å². The molecule has 4 N–H and O–H groups in total. The van der Waals surface area contributed by atoms with E-state index >= 15 is 0 Å². The number of carbonyl (C=O) groups is 1. The third-order valence-corrected chi connectivity index (χ3v) is 8.13.